The standard InChI is InChI=1S/C20H26N2O4/c1-2-10-25-17-6-3-5-16(14-17)20(23)21-15-18(19-7-4-11-26-19)22-8-12-24-13-9-22/h3-7,11,14,18H,2,8-10,12-13,15H2,1H3,(H,21,23)/t18-/m0/s1. The molecule has 6 nitrogen and oxygen atoms in total. The minimum atomic E-state index is -0.114. The van der Waals surface area contributed by atoms with E-state index in [1.807, 2.05) is 24.3 Å². The molecule has 1 saturated heterocycles. The molecule has 1 aromatic heterocycles. The van der Waals surface area contributed by atoms with Gasteiger partial charge in [-0.2, -0.15) is 0 Å². The zero-order chi connectivity index (χ0) is 18.2. The topological polar surface area (TPSA) is 63.9 Å². The van der Waals surface area contributed by atoms with Crippen LogP contribution in [0.25, 0.3) is 0 Å². The summed E-state index contributed by atoms with van der Waals surface area (Å²) in [6, 6.07) is 11.1. The fraction of sp³-hybridized carbons (Fsp3) is 0.450. The number of nitrogens with one attached hydrogen (secondary N) is 1. The number of benzene rings is 1. The monoisotopic (exact) mass is 358 g/mol. The second-order valence-corrected chi connectivity index (χ2v) is 6.27. The predicted octanol–water partition coefficient (Wildman–Crippen LogP) is 2.87. The molecule has 0 saturated carbocycles. The van der Waals surface area contributed by atoms with Crippen LogP contribution in [-0.2, 0) is 4.74 Å². The molecule has 1 fully saturated rings. The number of rotatable bonds is 8. The zero-order valence-corrected chi connectivity index (χ0v) is 15.1. The highest BCUT2D eigenvalue weighted by atomic mass is 16.5. The largest absolute Gasteiger partial charge is 0.494 e. The first-order valence-electron chi connectivity index (χ1n) is 9.14. The Morgan fingerprint density at radius 3 is 2.85 bits per heavy atom. The van der Waals surface area contributed by atoms with Gasteiger partial charge in [0.15, 0.2) is 0 Å². The van der Waals surface area contributed by atoms with E-state index in [0.717, 1.165) is 31.0 Å². The molecule has 0 radical (unpaired) electrons. The van der Waals surface area contributed by atoms with Crippen LogP contribution in [0.15, 0.2) is 47.1 Å². The van der Waals surface area contributed by atoms with Crippen LogP contribution in [0.3, 0.4) is 0 Å². The summed E-state index contributed by atoms with van der Waals surface area (Å²) in [4.78, 5) is 14.9. The van der Waals surface area contributed by atoms with Crippen molar-refractivity contribution in [1.82, 2.24) is 10.2 Å². The van der Waals surface area contributed by atoms with Crippen molar-refractivity contribution >= 4 is 5.91 Å². The van der Waals surface area contributed by atoms with Crippen LogP contribution < -0.4 is 10.1 Å². The summed E-state index contributed by atoms with van der Waals surface area (Å²) < 4.78 is 16.6. The van der Waals surface area contributed by atoms with E-state index in [4.69, 9.17) is 13.9 Å². The van der Waals surface area contributed by atoms with E-state index in [1.54, 1.807) is 18.4 Å². The predicted molar refractivity (Wildman–Crippen MR) is 98.4 cm³/mol. The van der Waals surface area contributed by atoms with Crippen molar-refractivity contribution < 1.29 is 18.7 Å². The lowest BCUT2D eigenvalue weighted by Crippen LogP contribution is -2.43. The van der Waals surface area contributed by atoms with Crippen LogP contribution in [0.2, 0.25) is 0 Å². The molecule has 2 heterocycles. The van der Waals surface area contributed by atoms with Crippen molar-refractivity contribution in [2.75, 3.05) is 39.5 Å². The molecule has 3 rings (SSSR count). The van der Waals surface area contributed by atoms with Gasteiger partial charge in [0.25, 0.3) is 5.91 Å². The van der Waals surface area contributed by atoms with Gasteiger partial charge >= 0.3 is 0 Å². The summed E-state index contributed by atoms with van der Waals surface area (Å²) in [6.07, 6.45) is 2.60. The van der Waals surface area contributed by atoms with Crippen molar-refractivity contribution in [3.05, 3.63) is 54.0 Å². The molecule has 1 N–H and O–H groups in total. The highest BCUT2D eigenvalue weighted by Gasteiger charge is 2.25. The highest BCUT2D eigenvalue weighted by molar-refractivity contribution is 5.94. The van der Waals surface area contributed by atoms with Gasteiger partial charge in [0.05, 0.1) is 32.1 Å². The van der Waals surface area contributed by atoms with E-state index in [1.165, 1.54) is 0 Å². The van der Waals surface area contributed by atoms with Crippen LogP contribution in [0, 0.1) is 0 Å². The number of hydrogen-bond acceptors (Lipinski definition) is 5. The number of carbonyl (C=O) groups is 1. The lowest BCUT2D eigenvalue weighted by molar-refractivity contribution is 0.0118. The summed E-state index contributed by atoms with van der Waals surface area (Å²) >= 11 is 0. The Kier molecular flexibility index (Phi) is 6.68. The SMILES string of the molecule is CCCOc1cccc(C(=O)NC[C@@H](c2ccco2)N2CCOCC2)c1. The molecule has 1 atom stereocenters. The van der Waals surface area contributed by atoms with Crippen LogP contribution in [0.4, 0.5) is 0 Å². The molecule has 26 heavy (non-hydrogen) atoms. The minimum absolute atomic E-state index is 0.00243. The normalized spacial score (nSPS) is 16.2. The summed E-state index contributed by atoms with van der Waals surface area (Å²) in [5.74, 6) is 1.46. The fourth-order valence-electron chi connectivity index (χ4n) is 3.02. The Morgan fingerprint density at radius 1 is 1.27 bits per heavy atom. The van der Waals surface area contributed by atoms with Crippen LogP contribution >= 0.6 is 0 Å². The number of amides is 1. The molecule has 140 valence electrons. The third-order valence-corrected chi connectivity index (χ3v) is 4.38. The molecule has 1 aromatic carbocycles. The average Bonchev–Trinajstić information content (AvgIpc) is 3.22. The summed E-state index contributed by atoms with van der Waals surface area (Å²) in [6.45, 7) is 6.21. The second-order valence-electron chi connectivity index (χ2n) is 6.27. The summed E-state index contributed by atoms with van der Waals surface area (Å²) in [5.41, 5.74) is 0.596. The lowest BCUT2D eigenvalue weighted by atomic mass is 10.1. The maximum Gasteiger partial charge on any atom is 0.251 e. The van der Waals surface area contributed by atoms with E-state index in [2.05, 4.69) is 17.1 Å². The van der Waals surface area contributed by atoms with Gasteiger partial charge in [-0.15, -0.1) is 0 Å². The molecule has 6 heteroatoms. The first-order valence-corrected chi connectivity index (χ1v) is 9.14. The smallest absolute Gasteiger partial charge is 0.251 e. The fourth-order valence-corrected chi connectivity index (χ4v) is 3.02. The van der Waals surface area contributed by atoms with E-state index in [-0.39, 0.29) is 11.9 Å². The first kappa shape index (κ1) is 18.5. The minimum Gasteiger partial charge on any atom is -0.494 e. The number of furan rings is 1. The molecule has 0 bridgehead atoms. The van der Waals surface area contributed by atoms with E-state index in [9.17, 15) is 4.79 Å². The number of nitrogens with zero attached hydrogens (tertiary/aromatic N) is 1. The Bertz CT molecular complexity index is 681. The number of hydrogen-bond donors (Lipinski definition) is 1. The summed E-state index contributed by atoms with van der Waals surface area (Å²) in [7, 11) is 0. The quantitative estimate of drug-likeness (QED) is 0.786. The number of carbonyl (C=O) groups excluding carboxylic acids is 1. The van der Waals surface area contributed by atoms with Crippen LogP contribution in [-0.4, -0.2) is 50.3 Å². The van der Waals surface area contributed by atoms with Gasteiger partial charge in [0.1, 0.15) is 11.5 Å². The first-order chi connectivity index (χ1) is 12.8. The Morgan fingerprint density at radius 2 is 2.12 bits per heavy atom. The van der Waals surface area contributed by atoms with Crippen molar-refractivity contribution in [1.29, 1.82) is 0 Å². The Labute approximate surface area is 154 Å². The van der Waals surface area contributed by atoms with Gasteiger partial charge in [0, 0.05) is 25.2 Å². The second kappa shape index (κ2) is 9.40. The Balaban J connectivity index is 1.64. The molecule has 0 unspecified atom stereocenters. The van der Waals surface area contributed by atoms with Crippen molar-refractivity contribution in [3.63, 3.8) is 0 Å². The third kappa shape index (κ3) is 4.86. The number of morpholine rings is 1. The van der Waals surface area contributed by atoms with Gasteiger partial charge < -0.3 is 19.2 Å². The Hall–Kier alpha value is -2.31. The highest BCUT2D eigenvalue weighted by Crippen LogP contribution is 2.22. The molecule has 0 aliphatic carbocycles. The van der Waals surface area contributed by atoms with Gasteiger partial charge in [-0.05, 0) is 36.8 Å². The average molecular weight is 358 g/mol. The zero-order valence-electron chi connectivity index (χ0n) is 15.1. The molecule has 2 aromatic rings. The summed E-state index contributed by atoms with van der Waals surface area (Å²) in [5, 5.41) is 3.03. The van der Waals surface area contributed by atoms with Crippen molar-refractivity contribution in [2.24, 2.45) is 0 Å². The lowest BCUT2D eigenvalue weighted by Gasteiger charge is -2.33. The van der Waals surface area contributed by atoms with Crippen molar-refractivity contribution in [3.8, 4) is 5.75 Å². The van der Waals surface area contributed by atoms with Gasteiger partial charge in [0.2, 0.25) is 0 Å². The van der Waals surface area contributed by atoms with Gasteiger partial charge in [-0.25, -0.2) is 0 Å². The van der Waals surface area contributed by atoms with E-state index in [0.29, 0.717) is 31.9 Å². The molecular weight excluding hydrogens is 332 g/mol. The van der Waals surface area contributed by atoms with Gasteiger partial charge in [-0.3, -0.25) is 9.69 Å². The maximum absolute atomic E-state index is 12.6. The molecule has 1 aliphatic heterocycles. The third-order valence-electron chi connectivity index (χ3n) is 4.38. The number of ether oxygens (including phenoxy) is 2. The van der Waals surface area contributed by atoms with Crippen molar-refractivity contribution in [2.45, 2.75) is 19.4 Å². The van der Waals surface area contributed by atoms with Gasteiger partial charge in [-0.1, -0.05) is 13.0 Å². The molecular formula is C20H26N2O4. The van der Waals surface area contributed by atoms with Crippen LogP contribution in [0.1, 0.15) is 35.5 Å². The maximum atomic E-state index is 12.6. The van der Waals surface area contributed by atoms with Crippen LogP contribution in [0.5, 0.6) is 5.75 Å². The molecule has 1 amide bonds. The molecule has 1 aliphatic rings. The van der Waals surface area contributed by atoms with E-state index >= 15 is 0 Å². The van der Waals surface area contributed by atoms with E-state index < -0.39 is 0 Å². The molecule has 0 spiro atoms.